The van der Waals surface area contributed by atoms with Gasteiger partial charge < -0.3 is 15.4 Å². The lowest BCUT2D eigenvalue weighted by atomic mass is 10.1. The topological polar surface area (TPSA) is 50.4 Å². The molecule has 0 saturated heterocycles. The van der Waals surface area contributed by atoms with Crippen molar-refractivity contribution in [2.24, 2.45) is 0 Å². The zero-order valence-electron chi connectivity index (χ0n) is 13.9. The van der Waals surface area contributed by atoms with Gasteiger partial charge >= 0.3 is 0 Å². The van der Waals surface area contributed by atoms with Crippen molar-refractivity contribution < 1.29 is 9.53 Å². The summed E-state index contributed by atoms with van der Waals surface area (Å²) in [5.74, 6) is 0.624. The molecule has 2 N–H and O–H groups in total. The maximum absolute atomic E-state index is 12.2. The molecule has 0 bridgehead atoms. The lowest BCUT2D eigenvalue weighted by Gasteiger charge is -2.16. The van der Waals surface area contributed by atoms with Gasteiger partial charge in [-0.05, 0) is 59.9 Å². The monoisotopic (exact) mass is 382 g/mol. The predicted molar refractivity (Wildman–Crippen MR) is 97.1 cm³/mol. The second kappa shape index (κ2) is 9.93. The molecule has 0 heterocycles. The van der Waals surface area contributed by atoms with Crippen LogP contribution in [0.15, 0.2) is 22.7 Å². The number of halogens is 1. The van der Waals surface area contributed by atoms with Gasteiger partial charge in [0.2, 0.25) is 0 Å². The molecule has 0 radical (unpaired) electrons. The van der Waals surface area contributed by atoms with Gasteiger partial charge in [-0.2, -0.15) is 0 Å². The molecule has 1 amide bonds. The molecule has 1 fully saturated rings. The van der Waals surface area contributed by atoms with E-state index in [1.54, 1.807) is 13.2 Å². The summed E-state index contributed by atoms with van der Waals surface area (Å²) in [5.41, 5.74) is 0.612. The van der Waals surface area contributed by atoms with E-state index in [1.807, 2.05) is 12.1 Å². The van der Waals surface area contributed by atoms with E-state index in [9.17, 15) is 4.79 Å². The molecule has 0 aliphatic heterocycles. The predicted octanol–water partition coefficient (Wildman–Crippen LogP) is 3.89. The molecule has 0 atom stereocenters. The molecule has 0 unspecified atom stereocenters. The summed E-state index contributed by atoms with van der Waals surface area (Å²) in [6.07, 6.45) is 8.99. The number of hydrogen-bond donors (Lipinski definition) is 2. The Kier molecular flexibility index (Phi) is 7.89. The van der Waals surface area contributed by atoms with Gasteiger partial charge in [0.05, 0.1) is 12.7 Å². The number of carbonyl (C=O) groups is 1. The van der Waals surface area contributed by atoms with Crippen molar-refractivity contribution >= 4 is 21.8 Å². The Morgan fingerprint density at radius 3 is 2.65 bits per heavy atom. The van der Waals surface area contributed by atoms with Crippen LogP contribution in [0.25, 0.3) is 0 Å². The molecule has 0 aromatic heterocycles. The highest BCUT2D eigenvalue weighted by Gasteiger charge is 2.12. The number of rotatable bonds is 7. The smallest absolute Gasteiger partial charge is 0.252 e. The number of nitrogens with one attached hydrogen (secondary N) is 2. The minimum absolute atomic E-state index is 0.0646. The minimum Gasteiger partial charge on any atom is -0.497 e. The SMILES string of the molecule is COc1ccc(Br)c(C(=O)NCCCNC2CCCCCC2)c1. The van der Waals surface area contributed by atoms with Gasteiger partial charge in [-0.15, -0.1) is 0 Å². The highest BCUT2D eigenvalue weighted by atomic mass is 79.9. The van der Waals surface area contributed by atoms with Gasteiger partial charge in [-0.3, -0.25) is 4.79 Å². The van der Waals surface area contributed by atoms with Crippen molar-refractivity contribution in [3.05, 3.63) is 28.2 Å². The molecule has 0 spiro atoms. The Labute approximate surface area is 147 Å². The normalized spacial score (nSPS) is 15.9. The third-order valence-electron chi connectivity index (χ3n) is 4.35. The first-order chi connectivity index (χ1) is 11.2. The molecular formula is C18H27BrN2O2. The summed E-state index contributed by atoms with van der Waals surface area (Å²) in [5, 5.41) is 6.60. The average molecular weight is 383 g/mol. The van der Waals surface area contributed by atoms with Crippen LogP contribution in [0.1, 0.15) is 55.3 Å². The van der Waals surface area contributed by atoms with Crippen LogP contribution in [0.3, 0.4) is 0 Å². The maximum atomic E-state index is 12.2. The number of benzene rings is 1. The Bertz CT molecular complexity index is 500. The van der Waals surface area contributed by atoms with E-state index in [1.165, 1.54) is 38.5 Å². The number of hydrogen-bond acceptors (Lipinski definition) is 3. The molecular weight excluding hydrogens is 356 g/mol. The quantitative estimate of drug-likeness (QED) is 0.555. The summed E-state index contributed by atoms with van der Waals surface area (Å²) in [4.78, 5) is 12.2. The molecule has 2 rings (SSSR count). The summed E-state index contributed by atoms with van der Waals surface area (Å²) < 4.78 is 5.95. The van der Waals surface area contributed by atoms with Crippen molar-refractivity contribution in [2.75, 3.05) is 20.2 Å². The van der Waals surface area contributed by atoms with E-state index < -0.39 is 0 Å². The maximum Gasteiger partial charge on any atom is 0.252 e. The van der Waals surface area contributed by atoms with Crippen molar-refractivity contribution in [1.82, 2.24) is 10.6 Å². The lowest BCUT2D eigenvalue weighted by molar-refractivity contribution is 0.0952. The summed E-state index contributed by atoms with van der Waals surface area (Å²) in [6.45, 7) is 1.65. The lowest BCUT2D eigenvalue weighted by Crippen LogP contribution is -2.32. The molecule has 1 aliphatic carbocycles. The zero-order valence-corrected chi connectivity index (χ0v) is 15.5. The highest BCUT2D eigenvalue weighted by molar-refractivity contribution is 9.10. The second-order valence-electron chi connectivity index (χ2n) is 6.10. The number of ether oxygens (including phenoxy) is 1. The molecule has 5 heteroatoms. The summed E-state index contributed by atoms with van der Waals surface area (Å²) in [7, 11) is 1.60. The summed E-state index contributed by atoms with van der Waals surface area (Å²) >= 11 is 3.41. The summed E-state index contributed by atoms with van der Waals surface area (Å²) in [6, 6.07) is 6.09. The molecule has 4 nitrogen and oxygen atoms in total. The van der Waals surface area contributed by atoms with Crippen LogP contribution in [0, 0.1) is 0 Å². The number of methoxy groups -OCH3 is 1. The third-order valence-corrected chi connectivity index (χ3v) is 5.04. The Morgan fingerprint density at radius 2 is 1.96 bits per heavy atom. The first kappa shape index (κ1) is 18.3. The number of amides is 1. The van der Waals surface area contributed by atoms with Crippen LogP contribution in [0.4, 0.5) is 0 Å². The van der Waals surface area contributed by atoms with Crippen molar-refractivity contribution in [3.63, 3.8) is 0 Å². The second-order valence-corrected chi connectivity index (χ2v) is 6.95. The average Bonchev–Trinajstić information content (AvgIpc) is 2.83. The standard InChI is InChI=1S/C18H27BrN2O2/c1-23-15-9-10-17(19)16(13-15)18(22)21-12-6-11-20-14-7-4-2-3-5-8-14/h9-10,13-14,20H,2-8,11-12H2,1H3,(H,21,22). The van der Waals surface area contributed by atoms with Crippen molar-refractivity contribution in [1.29, 1.82) is 0 Å². The van der Waals surface area contributed by atoms with Gasteiger partial charge in [0.15, 0.2) is 0 Å². The molecule has 23 heavy (non-hydrogen) atoms. The largest absolute Gasteiger partial charge is 0.497 e. The van der Waals surface area contributed by atoms with Crippen LogP contribution < -0.4 is 15.4 Å². The Morgan fingerprint density at radius 1 is 1.22 bits per heavy atom. The van der Waals surface area contributed by atoms with E-state index in [-0.39, 0.29) is 5.91 Å². The molecule has 1 saturated carbocycles. The van der Waals surface area contributed by atoms with Gasteiger partial charge in [0, 0.05) is 17.1 Å². The fourth-order valence-electron chi connectivity index (χ4n) is 2.98. The van der Waals surface area contributed by atoms with Crippen LogP contribution >= 0.6 is 15.9 Å². The van der Waals surface area contributed by atoms with Crippen molar-refractivity contribution in [2.45, 2.75) is 51.0 Å². The van der Waals surface area contributed by atoms with Gasteiger partial charge in [-0.1, -0.05) is 25.7 Å². The van der Waals surface area contributed by atoms with Gasteiger partial charge in [0.1, 0.15) is 5.75 Å². The van der Waals surface area contributed by atoms with Crippen molar-refractivity contribution in [3.8, 4) is 5.75 Å². The van der Waals surface area contributed by atoms with Gasteiger partial charge in [-0.25, -0.2) is 0 Å². The van der Waals surface area contributed by atoms with Crippen LogP contribution in [-0.4, -0.2) is 32.1 Å². The van der Waals surface area contributed by atoms with Crippen LogP contribution in [0.5, 0.6) is 5.75 Å². The van der Waals surface area contributed by atoms with E-state index in [0.717, 1.165) is 17.4 Å². The fourth-order valence-corrected chi connectivity index (χ4v) is 3.41. The molecule has 1 aromatic carbocycles. The first-order valence-electron chi connectivity index (χ1n) is 8.56. The molecule has 1 aromatic rings. The molecule has 1 aliphatic rings. The minimum atomic E-state index is -0.0646. The van der Waals surface area contributed by atoms with E-state index >= 15 is 0 Å². The van der Waals surface area contributed by atoms with Crippen LogP contribution in [-0.2, 0) is 0 Å². The van der Waals surface area contributed by atoms with Gasteiger partial charge in [0.25, 0.3) is 5.91 Å². The Balaban J connectivity index is 1.68. The number of carbonyl (C=O) groups excluding carboxylic acids is 1. The highest BCUT2D eigenvalue weighted by Crippen LogP contribution is 2.22. The third kappa shape index (κ3) is 6.15. The fraction of sp³-hybridized carbons (Fsp3) is 0.611. The molecule has 128 valence electrons. The zero-order chi connectivity index (χ0) is 16.5. The van der Waals surface area contributed by atoms with E-state index in [4.69, 9.17) is 4.74 Å². The van der Waals surface area contributed by atoms with E-state index in [2.05, 4.69) is 26.6 Å². The Hall–Kier alpha value is -1.07. The van der Waals surface area contributed by atoms with E-state index in [0.29, 0.717) is 23.9 Å². The first-order valence-corrected chi connectivity index (χ1v) is 9.35. The van der Waals surface area contributed by atoms with Crippen LogP contribution in [0.2, 0.25) is 0 Å².